The summed E-state index contributed by atoms with van der Waals surface area (Å²) >= 11 is 0. The van der Waals surface area contributed by atoms with Gasteiger partial charge < -0.3 is 0 Å². The molecule has 0 unspecified atom stereocenters. The zero-order valence-electron chi connectivity index (χ0n) is 12.6. The topological polar surface area (TPSA) is 74.8 Å². The number of carbonyl (C=O) groups excluding carboxylic acids is 4. The van der Waals surface area contributed by atoms with E-state index < -0.39 is 29.8 Å². The summed E-state index contributed by atoms with van der Waals surface area (Å²) in [6.45, 7) is 3.05. The molecule has 0 spiro atoms. The molecule has 0 fully saturated rings. The Hall–Kier alpha value is -3.02. The maximum Gasteiger partial charge on any atom is 0.258 e. The summed E-state index contributed by atoms with van der Waals surface area (Å²) in [7, 11) is 0. The first-order chi connectivity index (χ1) is 10.9. The van der Waals surface area contributed by atoms with Crippen molar-refractivity contribution in [2.24, 2.45) is 0 Å². The van der Waals surface area contributed by atoms with Gasteiger partial charge in [0.1, 0.15) is 6.17 Å². The number of amides is 4. The van der Waals surface area contributed by atoms with Crippen molar-refractivity contribution in [2.75, 3.05) is 0 Å². The van der Waals surface area contributed by atoms with Crippen molar-refractivity contribution in [1.29, 1.82) is 0 Å². The van der Waals surface area contributed by atoms with Crippen molar-refractivity contribution < 1.29 is 19.2 Å². The molecule has 0 aromatic heterocycles. The van der Waals surface area contributed by atoms with Gasteiger partial charge in [-0.15, -0.1) is 0 Å². The Morgan fingerprint density at radius 3 is 1.52 bits per heavy atom. The van der Waals surface area contributed by atoms with Crippen LogP contribution in [0.5, 0.6) is 0 Å². The fourth-order valence-electron chi connectivity index (χ4n) is 2.72. The fraction of sp³-hybridized carbons (Fsp3) is 0.176. The molecule has 3 rings (SSSR count). The third-order valence-electron chi connectivity index (χ3n) is 3.85. The minimum Gasteiger partial charge on any atom is -0.269 e. The second-order valence-corrected chi connectivity index (χ2v) is 5.47. The average Bonchev–Trinajstić information content (AvgIpc) is 2.92. The molecular formula is C17H14N2O4. The average molecular weight is 310 g/mol. The largest absolute Gasteiger partial charge is 0.269 e. The number of imide groups is 2. The molecule has 6 heteroatoms. The maximum atomic E-state index is 12.4. The molecule has 4 amide bonds. The van der Waals surface area contributed by atoms with Gasteiger partial charge in [0.15, 0.2) is 0 Å². The predicted molar refractivity (Wildman–Crippen MR) is 80.4 cm³/mol. The van der Waals surface area contributed by atoms with Gasteiger partial charge in [0.05, 0.1) is 0 Å². The monoisotopic (exact) mass is 310 g/mol. The Balaban J connectivity index is 2.10. The van der Waals surface area contributed by atoms with Gasteiger partial charge in [-0.2, -0.15) is 0 Å². The normalized spacial score (nSPS) is 18.2. The van der Waals surface area contributed by atoms with Gasteiger partial charge in [-0.25, -0.2) is 9.80 Å². The highest BCUT2D eigenvalue weighted by Gasteiger charge is 2.44. The van der Waals surface area contributed by atoms with Gasteiger partial charge in [0.25, 0.3) is 23.6 Å². The van der Waals surface area contributed by atoms with Gasteiger partial charge in [-0.3, -0.25) is 19.2 Å². The van der Waals surface area contributed by atoms with Crippen LogP contribution in [0.2, 0.25) is 0 Å². The Morgan fingerprint density at radius 2 is 1.17 bits per heavy atom. The molecular weight excluding hydrogens is 296 g/mol. The van der Waals surface area contributed by atoms with Crippen LogP contribution in [0.25, 0.3) is 0 Å². The highest BCUT2D eigenvalue weighted by Crippen LogP contribution is 2.33. The summed E-state index contributed by atoms with van der Waals surface area (Å²) in [5.41, 5.74) is 1.07. The molecule has 116 valence electrons. The lowest BCUT2D eigenvalue weighted by Crippen LogP contribution is -2.47. The van der Waals surface area contributed by atoms with Gasteiger partial charge in [0.2, 0.25) is 0 Å². The van der Waals surface area contributed by atoms with Crippen LogP contribution in [0.3, 0.4) is 0 Å². The number of nitrogens with zero attached hydrogens (tertiary/aromatic N) is 2. The first kappa shape index (κ1) is 14.9. The predicted octanol–water partition coefficient (Wildman–Crippen LogP) is 1.32. The lowest BCUT2D eigenvalue weighted by molar-refractivity contribution is -0.153. The molecule has 1 aromatic carbocycles. The van der Waals surface area contributed by atoms with Crippen LogP contribution in [0, 0.1) is 0 Å². The quantitative estimate of drug-likeness (QED) is 0.789. The molecule has 2 aliphatic heterocycles. The first-order valence-electron chi connectivity index (χ1n) is 7.08. The molecule has 2 aliphatic rings. The number of benzene rings is 1. The highest BCUT2D eigenvalue weighted by molar-refractivity contribution is 6.19. The second kappa shape index (κ2) is 5.31. The molecule has 0 bridgehead atoms. The summed E-state index contributed by atoms with van der Waals surface area (Å²) in [4.78, 5) is 51.1. The van der Waals surface area contributed by atoms with E-state index >= 15 is 0 Å². The van der Waals surface area contributed by atoms with Crippen molar-refractivity contribution in [3.8, 4) is 0 Å². The minimum atomic E-state index is -1.08. The van der Waals surface area contributed by atoms with E-state index in [2.05, 4.69) is 0 Å². The van der Waals surface area contributed by atoms with Crippen molar-refractivity contribution in [1.82, 2.24) is 9.80 Å². The number of hydrogen-bond acceptors (Lipinski definition) is 4. The van der Waals surface area contributed by atoms with E-state index in [-0.39, 0.29) is 11.1 Å². The first-order valence-corrected chi connectivity index (χ1v) is 7.08. The van der Waals surface area contributed by atoms with E-state index in [0.29, 0.717) is 5.56 Å². The molecule has 1 aromatic rings. The van der Waals surface area contributed by atoms with Crippen molar-refractivity contribution in [2.45, 2.75) is 20.0 Å². The molecule has 0 N–H and O–H groups in total. The van der Waals surface area contributed by atoms with E-state index in [1.54, 1.807) is 30.3 Å². The molecule has 0 radical (unpaired) electrons. The Labute approximate surface area is 132 Å². The Morgan fingerprint density at radius 1 is 0.739 bits per heavy atom. The Bertz CT molecular complexity index is 744. The standard InChI is InChI=1S/C17H14N2O4/c1-10-8-13(20)18(16(10)22)15(12-6-4-3-5-7-12)19-14(21)9-11(2)17(19)23/h3-9,15H,1-2H3. The maximum absolute atomic E-state index is 12.4. The van der Waals surface area contributed by atoms with Crippen molar-refractivity contribution in [3.63, 3.8) is 0 Å². The SMILES string of the molecule is CC1=CC(=O)N(C(c2ccccc2)N2C(=O)C=C(C)C2=O)C1=O. The lowest BCUT2D eigenvalue weighted by Gasteiger charge is -2.33. The van der Waals surface area contributed by atoms with Crippen molar-refractivity contribution >= 4 is 23.6 Å². The summed E-state index contributed by atoms with van der Waals surface area (Å²) < 4.78 is 0. The van der Waals surface area contributed by atoms with E-state index in [0.717, 1.165) is 9.80 Å². The number of hydrogen-bond donors (Lipinski definition) is 0. The van der Waals surface area contributed by atoms with Crippen LogP contribution < -0.4 is 0 Å². The van der Waals surface area contributed by atoms with Crippen LogP contribution in [0.1, 0.15) is 25.6 Å². The van der Waals surface area contributed by atoms with Crippen LogP contribution in [0.4, 0.5) is 0 Å². The summed E-state index contributed by atoms with van der Waals surface area (Å²) in [6, 6.07) is 8.56. The summed E-state index contributed by atoms with van der Waals surface area (Å²) in [5.74, 6) is -2.08. The molecule has 6 nitrogen and oxygen atoms in total. The summed E-state index contributed by atoms with van der Waals surface area (Å²) in [5, 5.41) is 0. The Kier molecular flexibility index (Phi) is 3.44. The lowest BCUT2D eigenvalue weighted by atomic mass is 10.1. The minimum absolute atomic E-state index is 0.278. The van der Waals surface area contributed by atoms with Gasteiger partial charge in [0, 0.05) is 23.3 Å². The fourth-order valence-corrected chi connectivity index (χ4v) is 2.72. The highest BCUT2D eigenvalue weighted by atomic mass is 16.2. The third-order valence-corrected chi connectivity index (χ3v) is 3.85. The van der Waals surface area contributed by atoms with Crippen LogP contribution in [-0.2, 0) is 19.2 Å². The van der Waals surface area contributed by atoms with Crippen LogP contribution in [-0.4, -0.2) is 33.4 Å². The molecule has 23 heavy (non-hydrogen) atoms. The number of rotatable bonds is 3. The van der Waals surface area contributed by atoms with E-state index in [1.807, 2.05) is 0 Å². The van der Waals surface area contributed by atoms with Crippen LogP contribution in [0.15, 0.2) is 53.6 Å². The summed E-state index contributed by atoms with van der Waals surface area (Å²) in [6.07, 6.45) is 1.34. The third kappa shape index (κ3) is 2.28. The molecule has 0 saturated carbocycles. The molecule has 0 atom stereocenters. The second-order valence-electron chi connectivity index (χ2n) is 5.47. The van der Waals surface area contributed by atoms with E-state index in [9.17, 15) is 19.2 Å². The van der Waals surface area contributed by atoms with Crippen LogP contribution >= 0.6 is 0 Å². The zero-order chi connectivity index (χ0) is 16.7. The van der Waals surface area contributed by atoms with Crippen molar-refractivity contribution in [3.05, 3.63) is 59.2 Å². The molecule has 2 heterocycles. The number of carbonyl (C=O) groups is 4. The smallest absolute Gasteiger partial charge is 0.258 e. The molecule has 0 aliphatic carbocycles. The van der Waals surface area contributed by atoms with E-state index in [4.69, 9.17) is 0 Å². The van der Waals surface area contributed by atoms with E-state index in [1.165, 1.54) is 26.0 Å². The zero-order valence-corrected chi connectivity index (χ0v) is 12.6. The molecule has 0 saturated heterocycles. The van der Waals surface area contributed by atoms with Gasteiger partial charge in [-0.05, 0) is 19.4 Å². The van der Waals surface area contributed by atoms with Gasteiger partial charge in [-0.1, -0.05) is 30.3 Å². The van der Waals surface area contributed by atoms with Gasteiger partial charge >= 0.3 is 0 Å².